The van der Waals surface area contributed by atoms with Gasteiger partial charge in [-0.15, -0.1) is 6.58 Å². The number of fused-ring (bicyclic) bond motifs is 1. The number of urea groups is 1. The average molecular weight is 544 g/mol. The number of aromatic nitrogens is 3. The Morgan fingerprint density at radius 3 is 2.59 bits per heavy atom. The molecule has 2 N–H and O–H groups in total. The topological polar surface area (TPSA) is 123 Å². The van der Waals surface area contributed by atoms with Crippen LogP contribution in [0.4, 0.5) is 15.9 Å². The van der Waals surface area contributed by atoms with Gasteiger partial charge in [-0.2, -0.15) is 0 Å². The van der Waals surface area contributed by atoms with E-state index in [2.05, 4.69) is 48.1 Å². The highest BCUT2D eigenvalue weighted by atomic mass is 79.9. The lowest BCUT2D eigenvalue weighted by Gasteiger charge is -2.42. The molecule has 1 aromatic carbocycles. The van der Waals surface area contributed by atoms with Gasteiger partial charge in [-0.05, 0) is 59.8 Å². The lowest BCUT2D eigenvalue weighted by Crippen LogP contribution is -2.50. The molecule has 11 heteroatoms. The molecular formula is C23H24BrN6O3S-. The first kappa shape index (κ1) is 24.1. The molecule has 0 unspecified atom stereocenters. The van der Waals surface area contributed by atoms with Crippen LogP contribution in [0.3, 0.4) is 0 Å². The van der Waals surface area contributed by atoms with Crippen molar-refractivity contribution >= 4 is 60.6 Å². The zero-order valence-electron chi connectivity index (χ0n) is 18.6. The van der Waals surface area contributed by atoms with E-state index in [1.165, 1.54) is 11.3 Å². The lowest BCUT2D eigenvalue weighted by molar-refractivity contribution is -0.320. The first-order valence-corrected chi connectivity index (χ1v) is 12.5. The number of allylic oxidation sites excluding steroid dienone is 1. The number of aliphatic carboxylic acids is 1. The highest BCUT2D eigenvalue weighted by molar-refractivity contribution is 9.10. The van der Waals surface area contributed by atoms with Gasteiger partial charge in [-0.25, -0.2) is 19.7 Å². The third kappa shape index (κ3) is 4.90. The maximum absolute atomic E-state index is 11.8. The fourth-order valence-corrected chi connectivity index (χ4v) is 5.59. The van der Waals surface area contributed by atoms with E-state index in [0.717, 1.165) is 25.8 Å². The van der Waals surface area contributed by atoms with Crippen molar-refractivity contribution in [3.05, 3.63) is 41.7 Å². The SMILES string of the molecule is C=CCC1(C(=O)[O-])CCN(c2ncc(-c3cc(Br)c4sc(NC(=O)NCC)nc4c3)cn2)CC1. The normalized spacial score (nSPS) is 15.2. The van der Waals surface area contributed by atoms with Crippen LogP contribution in [0, 0.1) is 5.41 Å². The van der Waals surface area contributed by atoms with Gasteiger partial charge in [0.2, 0.25) is 5.95 Å². The van der Waals surface area contributed by atoms with Crippen LogP contribution in [0.2, 0.25) is 0 Å². The number of rotatable bonds is 7. The van der Waals surface area contributed by atoms with Gasteiger partial charge < -0.3 is 20.1 Å². The third-order valence-corrected chi connectivity index (χ3v) is 7.85. The molecule has 4 rings (SSSR count). The number of thiazole rings is 1. The smallest absolute Gasteiger partial charge is 0.321 e. The molecule has 2 amide bonds. The minimum atomic E-state index is -1.02. The van der Waals surface area contributed by atoms with E-state index in [1.54, 1.807) is 18.5 Å². The molecule has 3 aromatic rings. The number of hydrogen-bond acceptors (Lipinski definition) is 8. The zero-order chi connectivity index (χ0) is 24.3. The highest BCUT2D eigenvalue weighted by Gasteiger charge is 2.35. The van der Waals surface area contributed by atoms with Crippen LogP contribution in [-0.4, -0.2) is 46.6 Å². The van der Waals surface area contributed by atoms with Crippen molar-refractivity contribution < 1.29 is 14.7 Å². The standard InChI is InChI=1S/C23H25BrN6O3S/c1-3-5-23(19(31)32)6-8-30(9-7-23)20-26-12-15(13-27-20)14-10-16(24)18-17(11-14)28-22(34-18)29-21(33)25-4-2/h3,10-13H,1,4-9H2,2H3,(H,31,32)(H2,25,28,29,33)/p-1. The molecule has 1 saturated heterocycles. The molecule has 0 radical (unpaired) electrons. The molecule has 0 aliphatic carbocycles. The van der Waals surface area contributed by atoms with Crippen LogP contribution in [0.1, 0.15) is 26.2 Å². The fraction of sp³-hybridized carbons (Fsp3) is 0.348. The Kier molecular flexibility index (Phi) is 7.13. The van der Waals surface area contributed by atoms with Gasteiger partial charge in [0.1, 0.15) is 0 Å². The number of anilines is 2. The van der Waals surface area contributed by atoms with E-state index in [9.17, 15) is 14.7 Å². The Hall–Kier alpha value is -3.05. The molecule has 0 saturated carbocycles. The molecular weight excluding hydrogens is 520 g/mol. The van der Waals surface area contributed by atoms with Crippen LogP contribution in [0.5, 0.6) is 0 Å². The molecule has 1 aliphatic heterocycles. The van der Waals surface area contributed by atoms with Crippen molar-refractivity contribution in [2.45, 2.75) is 26.2 Å². The molecule has 3 heterocycles. The summed E-state index contributed by atoms with van der Waals surface area (Å²) in [7, 11) is 0. The second-order valence-corrected chi connectivity index (χ2v) is 9.98. The molecule has 2 aromatic heterocycles. The summed E-state index contributed by atoms with van der Waals surface area (Å²) in [4.78, 5) is 39.0. The van der Waals surface area contributed by atoms with Gasteiger partial charge >= 0.3 is 6.03 Å². The molecule has 9 nitrogen and oxygen atoms in total. The second kappa shape index (κ2) is 10.1. The third-order valence-electron chi connectivity index (χ3n) is 5.95. The predicted octanol–water partition coefficient (Wildman–Crippen LogP) is 3.57. The summed E-state index contributed by atoms with van der Waals surface area (Å²) in [5.41, 5.74) is 1.60. The Balaban J connectivity index is 1.50. The van der Waals surface area contributed by atoms with Gasteiger partial charge in [0, 0.05) is 53.4 Å². The largest absolute Gasteiger partial charge is 0.550 e. The van der Waals surface area contributed by atoms with Crippen molar-refractivity contribution in [2.75, 3.05) is 29.9 Å². The van der Waals surface area contributed by atoms with E-state index >= 15 is 0 Å². The Bertz CT molecular complexity index is 1220. The van der Waals surface area contributed by atoms with E-state index in [-0.39, 0.29) is 6.03 Å². The van der Waals surface area contributed by atoms with Crippen molar-refractivity contribution in [3.63, 3.8) is 0 Å². The number of carbonyl (C=O) groups is 2. The quantitative estimate of drug-likeness (QED) is 0.436. The number of halogens is 1. The number of amides is 2. The number of nitrogens with zero attached hydrogens (tertiary/aromatic N) is 4. The van der Waals surface area contributed by atoms with Gasteiger partial charge in [-0.1, -0.05) is 17.4 Å². The number of nitrogens with one attached hydrogen (secondary N) is 2. The first-order valence-electron chi connectivity index (χ1n) is 10.9. The summed E-state index contributed by atoms with van der Waals surface area (Å²) in [6.45, 7) is 7.15. The van der Waals surface area contributed by atoms with Crippen molar-refractivity contribution in [3.8, 4) is 11.1 Å². The fourth-order valence-electron chi connectivity index (χ4n) is 4.05. The van der Waals surface area contributed by atoms with Gasteiger partial charge in [0.05, 0.1) is 10.2 Å². The molecule has 34 heavy (non-hydrogen) atoms. The summed E-state index contributed by atoms with van der Waals surface area (Å²) in [6, 6.07) is 3.61. The molecule has 1 fully saturated rings. The van der Waals surface area contributed by atoms with Crippen molar-refractivity contribution in [1.82, 2.24) is 20.3 Å². The summed E-state index contributed by atoms with van der Waals surface area (Å²) in [5.74, 6) is -0.452. The number of benzene rings is 1. The first-order chi connectivity index (χ1) is 16.3. The minimum absolute atomic E-state index is 0.291. The maximum atomic E-state index is 11.8. The molecule has 0 spiro atoms. The summed E-state index contributed by atoms with van der Waals surface area (Å²) in [5, 5.41) is 17.6. The van der Waals surface area contributed by atoms with Gasteiger partial charge in [0.25, 0.3) is 0 Å². The number of carboxylic acid groups (broad SMARTS) is 1. The van der Waals surface area contributed by atoms with Crippen LogP contribution in [-0.2, 0) is 4.79 Å². The van der Waals surface area contributed by atoms with E-state index in [0.29, 0.717) is 50.0 Å². The van der Waals surface area contributed by atoms with Gasteiger partial charge in [0.15, 0.2) is 5.13 Å². The monoisotopic (exact) mass is 543 g/mol. The highest BCUT2D eigenvalue weighted by Crippen LogP contribution is 2.37. The predicted molar refractivity (Wildman–Crippen MR) is 135 cm³/mol. The molecule has 178 valence electrons. The Morgan fingerprint density at radius 1 is 1.26 bits per heavy atom. The summed E-state index contributed by atoms with van der Waals surface area (Å²) < 4.78 is 1.79. The van der Waals surface area contributed by atoms with Crippen LogP contribution < -0.4 is 20.6 Å². The van der Waals surface area contributed by atoms with E-state index in [4.69, 9.17) is 0 Å². The second-order valence-electron chi connectivity index (χ2n) is 8.13. The minimum Gasteiger partial charge on any atom is -0.550 e. The number of hydrogen-bond donors (Lipinski definition) is 2. The average Bonchev–Trinajstić information content (AvgIpc) is 3.23. The van der Waals surface area contributed by atoms with Gasteiger partial charge in [-0.3, -0.25) is 5.32 Å². The maximum Gasteiger partial charge on any atom is 0.321 e. The van der Waals surface area contributed by atoms with Crippen LogP contribution in [0.15, 0.2) is 41.7 Å². The number of piperidine rings is 1. The summed E-state index contributed by atoms with van der Waals surface area (Å²) >= 11 is 4.99. The Labute approximate surface area is 209 Å². The number of carbonyl (C=O) groups excluding carboxylic acids is 2. The molecule has 1 aliphatic rings. The van der Waals surface area contributed by atoms with Crippen LogP contribution >= 0.6 is 27.3 Å². The van der Waals surface area contributed by atoms with Crippen molar-refractivity contribution in [1.29, 1.82) is 0 Å². The number of carboxylic acids is 1. The van der Waals surface area contributed by atoms with E-state index < -0.39 is 11.4 Å². The molecule has 0 bridgehead atoms. The van der Waals surface area contributed by atoms with E-state index in [1.807, 2.05) is 24.0 Å². The Morgan fingerprint density at radius 2 is 1.97 bits per heavy atom. The molecule has 0 atom stereocenters. The van der Waals surface area contributed by atoms with Crippen molar-refractivity contribution in [2.24, 2.45) is 5.41 Å². The zero-order valence-corrected chi connectivity index (χ0v) is 21.0. The summed E-state index contributed by atoms with van der Waals surface area (Å²) in [6.07, 6.45) is 6.48. The van der Waals surface area contributed by atoms with Crippen LogP contribution in [0.25, 0.3) is 21.3 Å². The lowest BCUT2D eigenvalue weighted by atomic mass is 9.76.